The molecule has 0 saturated carbocycles. The maximum absolute atomic E-state index is 13.6. The number of anilines is 1. The first-order valence-corrected chi connectivity index (χ1v) is 11.1. The highest BCUT2D eigenvalue weighted by molar-refractivity contribution is 6.08. The fraction of sp³-hybridized carbons (Fsp3) is 0.250. The van der Waals surface area contributed by atoms with Crippen LogP contribution in [0.15, 0.2) is 96.6 Å². The van der Waals surface area contributed by atoms with Gasteiger partial charge in [0.1, 0.15) is 0 Å². The molecule has 1 saturated heterocycles. The second-order valence-corrected chi connectivity index (χ2v) is 8.24. The van der Waals surface area contributed by atoms with Crippen LogP contribution < -0.4 is 4.90 Å². The summed E-state index contributed by atoms with van der Waals surface area (Å²) in [4.78, 5) is 18.1. The van der Waals surface area contributed by atoms with Gasteiger partial charge in [0, 0.05) is 36.9 Å². The minimum atomic E-state index is 0.0940. The maximum Gasteiger partial charge on any atom is 0.254 e. The van der Waals surface area contributed by atoms with Crippen LogP contribution in [0.1, 0.15) is 30.9 Å². The van der Waals surface area contributed by atoms with E-state index in [2.05, 4.69) is 35.2 Å². The van der Waals surface area contributed by atoms with E-state index < -0.39 is 0 Å². The molecule has 0 atom stereocenters. The van der Waals surface area contributed by atoms with E-state index in [1.54, 1.807) is 0 Å². The lowest BCUT2D eigenvalue weighted by Crippen LogP contribution is -2.47. The van der Waals surface area contributed by atoms with Crippen molar-refractivity contribution >= 4 is 17.7 Å². The average Bonchev–Trinajstić information content (AvgIpc) is 2.82. The zero-order valence-corrected chi connectivity index (χ0v) is 18.2. The highest BCUT2D eigenvalue weighted by Crippen LogP contribution is 2.26. The van der Waals surface area contributed by atoms with Crippen LogP contribution in [0.3, 0.4) is 0 Å². The summed E-state index contributed by atoms with van der Waals surface area (Å²) in [6, 6.07) is 31.0. The molecular weight excluding hydrogens is 380 g/mol. The number of nitrogens with zero attached hydrogens (tertiary/aromatic N) is 2. The van der Waals surface area contributed by atoms with Crippen LogP contribution >= 0.6 is 0 Å². The number of carbonyl (C=O) groups excluding carboxylic acids is 1. The van der Waals surface area contributed by atoms with Gasteiger partial charge in [-0.25, -0.2) is 0 Å². The molecule has 3 aromatic rings. The molecule has 1 aliphatic rings. The van der Waals surface area contributed by atoms with Crippen LogP contribution in [-0.2, 0) is 11.3 Å². The van der Waals surface area contributed by atoms with E-state index in [9.17, 15) is 4.79 Å². The molecule has 3 nitrogen and oxygen atoms in total. The number of rotatable bonds is 6. The van der Waals surface area contributed by atoms with E-state index in [0.29, 0.717) is 0 Å². The molecular formula is C28H30N2O. The fourth-order valence-corrected chi connectivity index (χ4v) is 4.31. The van der Waals surface area contributed by atoms with Crippen LogP contribution in [-0.4, -0.2) is 29.9 Å². The molecule has 1 amide bonds. The van der Waals surface area contributed by atoms with E-state index in [-0.39, 0.29) is 11.9 Å². The zero-order valence-electron chi connectivity index (χ0n) is 18.2. The predicted octanol–water partition coefficient (Wildman–Crippen LogP) is 5.79. The summed E-state index contributed by atoms with van der Waals surface area (Å²) >= 11 is 0. The average molecular weight is 411 g/mol. The Morgan fingerprint density at radius 2 is 1.42 bits per heavy atom. The van der Waals surface area contributed by atoms with Crippen molar-refractivity contribution in [1.29, 1.82) is 0 Å². The Balaban J connectivity index is 1.50. The van der Waals surface area contributed by atoms with Gasteiger partial charge in [0.25, 0.3) is 5.91 Å². The summed E-state index contributed by atoms with van der Waals surface area (Å²) in [6.45, 7) is 4.89. The lowest BCUT2D eigenvalue weighted by molar-refractivity contribution is -0.115. The van der Waals surface area contributed by atoms with Gasteiger partial charge in [0.05, 0.1) is 0 Å². The van der Waals surface area contributed by atoms with Gasteiger partial charge in [-0.3, -0.25) is 9.69 Å². The second-order valence-electron chi connectivity index (χ2n) is 8.24. The van der Waals surface area contributed by atoms with Crippen molar-refractivity contribution in [3.8, 4) is 0 Å². The predicted molar refractivity (Wildman–Crippen MR) is 129 cm³/mol. The first kappa shape index (κ1) is 21.1. The fourth-order valence-electron chi connectivity index (χ4n) is 4.31. The molecule has 158 valence electrons. The number of likely N-dealkylation sites (tertiary alicyclic amines) is 1. The van der Waals surface area contributed by atoms with Gasteiger partial charge in [-0.05, 0) is 49.1 Å². The SMILES string of the molecule is C/C(=C\c1ccccc1)C(=O)N(c1ccccc1)C1CCN(Cc2ccccc2)CC1. The van der Waals surface area contributed by atoms with Crippen molar-refractivity contribution in [2.45, 2.75) is 32.4 Å². The van der Waals surface area contributed by atoms with Crippen molar-refractivity contribution in [3.05, 3.63) is 108 Å². The smallest absolute Gasteiger partial charge is 0.254 e. The Hall–Kier alpha value is -3.17. The van der Waals surface area contributed by atoms with Crippen molar-refractivity contribution in [1.82, 2.24) is 4.90 Å². The minimum absolute atomic E-state index is 0.0940. The normalized spacial score (nSPS) is 15.6. The molecule has 3 aromatic carbocycles. The van der Waals surface area contributed by atoms with Crippen molar-refractivity contribution in [2.75, 3.05) is 18.0 Å². The number of benzene rings is 3. The molecule has 0 bridgehead atoms. The number of carbonyl (C=O) groups is 1. The largest absolute Gasteiger partial charge is 0.306 e. The Kier molecular flexibility index (Phi) is 6.96. The van der Waals surface area contributed by atoms with Gasteiger partial charge in [0.2, 0.25) is 0 Å². The van der Waals surface area contributed by atoms with Crippen molar-refractivity contribution in [2.24, 2.45) is 0 Å². The van der Waals surface area contributed by atoms with Gasteiger partial charge in [-0.2, -0.15) is 0 Å². The number of amides is 1. The number of hydrogen-bond donors (Lipinski definition) is 0. The molecule has 0 N–H and O–H groups in total. The summed E-state index contributed by atoms with van der Waals surface area (Å²) in [5.41, 5.74) is 4.15. The first-order valence-electron chi connectivity index (χ1n) is 11.1. The summed E-state index contributed by atoms with van der Waals surface area (Å²) in [6.07, 6.45) is 3.95. The summed E-state index contributed by atoms with van der Waals surface area (Å²) < 4.78 is 0. The summed E-state index contributed by atoms with van der Waals surface area (Å²) in [5.74, 6) is 0.0940. The van der Waals surface area contributed by atoms with Crippen LogP contribution in [0.2, 0.25) is 0 Å². The van der Waals surface area contributed by atoms with Crippen LogP contribution in [0.25, 0.3) is 6.08 Å². The van der Waals surface area contributed by atoms with Crippen molar-refractivity contribution < 1.29 is 4.79 Å². The molecule has 3 heteroatoms. The van der Waals surface area contributed by atoms with Gasteiger partial charge >= 0.3 is 0 Å². The third kappa shape index (κ3) is 5.50. The Morgan fingerprint density at radius 1 is 0.871 bits per heavy atom. The molecule has 1 heterocycles. The Labute approximate surface area is 185 Å². The quantitative estimate of drug-likeness (QED) is 0.480. The Morgan fingerprint density at radius 3 is 2.03 bits per heavy atom. The minimum Gasteiger partial charge on any atom is -0.306 e. The van der Waals surface area contributed by atoms with Gasteiger partial charge < -0.3 is 4.90 Å². The van der Waals surface area contributed by atoms with E-state index >= 15 is 0 Å². The first-order chi connectivity index (χ1) is 15.2. The monoisotopic (exact) mass is 410 g/mol. The molecule has 4 rings (SSSR count). The molecule has 0 unspecified atom stereocenters. The van der Waals surface area contributed by atoms with E-state index in [0.717, 1.165) is 49.3 Å². The third-order valence-electron chi connectivity index (χ3n) is 5.94. The number of para-hydroxylation sites is 1. The highest BCUT2D eigenvalue weighted by Gasteiger charge is 2.29. The van der Waals surface area contributed by atoms with E-state index in [4.69, 9.17) is 0 Å². The lowest BCUT2D eigenvalue weighted by Gasteiger charge is -2.39. The third-order valence-corrected chi connectivity index (χ3v) is 5.94. The van der Waals surface area contributed by atoms with E-state index in [1.807, 2.05) is 78.6 Å². The van der Waals surface area contributed by atoms with Crippen LogP contribution in [0.4, 0.5) is 5.69 Å². The molecule has 0 radical (unpaired) electrons. The van der Waals surface area contributed by atoms with Crippen molar-refractivity contribution in [3.63, 3.8) is 0 Å². The topological polar surface area (TPSA) is 23.6 Å². The van der Waals surface area contributed by atoms with Gasteiger partial charge in [-0.1, -0.05) is 78.9 Å². The standard InChI is InChI=1S/C28H30N2O/c1-23(21-24-11-5-2-6-12-24)28(31)30(26-15-9-4-10-16-26)27-17-19-29(20-18-27)22-25-13-7-3-8-14-25/h2-16,21,27H,17-20,22H2,1H3/b23-21+. The molecule has 0 aliphatic carbocycles. The molecule has 1 aliphatic heterocycles. The zero-order chi connectivity index (χ0) is 21.5. The number of hydrogen-bond acceptors (Lipinski definition) is 2. The second kappa shape index (κ2) is 10.2. The van der Waals surface area contributed by atoms with Crippen LogP contribution in [0.5, 0.6) is 0 Å². The Bertz CT molecular complexity index is 991. The maximum atomic E-state index is 13.6. The number of piperidine rings is 1. The van der Waals surface area contributed by atoms with E-state index in [1.165, 1.54) is 5.56 Å². The van der Waals surface area contributed by atoms with Gasteiger partial charge in [0.15, 0.2) is 0 Å². The molecule has 31 heavy (non-hydrogen) atoms. The van der Waals surface area contributed by atoms with Gasteiger partial charge in [-0.15, -0.1) is 0 Å². The molecule has 0 aromatic heterocycles. The highest BCUT2D eigenvalue weighted by atomic mass is 16.2. The summed E-state index contributed by atoms with van der Waals surface area (Å²) in [5, 5.41) is 0. The lowest BCUT2D eigenvalue weighted by atomic mass is 10.00. The summed E-state index contributed by atoms with van der Waals surface area (Å²) in [7, 11) is 0. The molecule has 1 fully saturated rings. The molecule has 0 spiro atoms. The van der Waals surface area contributed by atoms with Crippen LogP contribution in [0, 0.1) is 0 Å².